The zero-order valence-electron chi connectivity index (χ0n) is 20.7. The van der Waals surface area contributed by atoms with E-state index in [1.165, 1.54) is 11.0 Å². The van der Waals surface area contributed by atoms with E-state index in [1.54, 1.807) is 66.7 Å². The standard InChI is InChI=1S/C31H23FN2O5/c32-24-6-2-1-5-23(24)18-34-25-7-3-4-8-26(25)39-29(31(34)36)15-20-9-12-22(13-10-20)30(35)33-17-21-11-14-27-28(16-21)38-19-37-27/h1-16H,17-19H2,(H,33,35). The fourth-order valence-corrected chi connectivity index (χ4v) is 4.43. The van der Waals surface area contributed by atoms with E-state index in [-0.39, 0.29) is 36.7 Å². The van der Waals surface area contributed by atoms with E-state index in [4.69, 9.17) is 14.2 Å². The van der Waals surface area contributed by atoms with Crippen LogP contribution in [0.15, 0.2) is 96.8 Å². The summed E-state index contributed by atoms with van der Waals surface area (Å²) in [6.45, 7) is 0.590. The predicted molar refractivity (Wildman–Crippen MR) is 143 cm³/mol. The monoisotopic (exact) mass is 522 g/mol. The van der Waals surface area contributed by atoms with Gasteiger partial charge in [0.15, 0.2) is 23.0 Å². The molecule has 194 valence electrons. The number of amides is 2. The summed E-state index contributed by atoms with van der Waals surface area (Å²) in [6, 6.07) is 25.9. The molecule has 2 amide bonds. The lowest BCUT2D eigenvalue weighted by Crippen LogP contribution is -2.37. The molecule has 0 spiro atoms. The molecule has 0 radical (unpaired) electrons. The lowest BCUT2D eigenvalue weighted by Gasteiger charge is -2.30. The summed E-state index contributed by atoms with van der Waals surface area (Å²) in [4.78, 5) is 27.6. The van der Waals surface area contributed by atoms with Crippen molar-refractivity contribution < 1.29 is 28.2 Å². The third-order valence-electron chi connectivity index (χ3n) is 6.48. The van der Waals surface area contributed by atoms with Crippen LogP contribution in [0.25, 0.3) is 6.08 Å². The van der Waals surface area contributed by atoms with Gasteiger partial charge in [-0.2, -0.15) is 0 Å². The number of rotatable bonds is 6. The van der Waals surface area contributed by atoms with Crippen molar-refractivity contribution in [1.82, 2.24) is 5.32 Å². The molecule has 6 rings (SSSR count). The van der Waals surface area contributed by atoms with Crippen LogP contribution >= 0.6 is 0 Å². The molecule has 0 atom stereocenters. The Morgan fingerprint density at radius 2 is 1.67 bits per heavy atom. The van der Waals surface area contributed by atoms with Crippen molar-refractivity contribution in [2.75, 3.05) is 11.7 Å². The van der Waals surface area contributed by atoms with Crippen LogP contribution in [0.1, 0.15) is 27.0 Å². The molecular weight excluding hydrogens is 499 g/mol. The molecule has 39 heavy (non-hydrogen) atoms. The molecule has 4 aromatic carbocycles. The Morgan fingerprint density at radius 1 is 0.897 bits per heavy atom. The van der Waals surface area contributed by atoms with Crippen LogP contribution in [0, 0.1) is 5.82 Å². The fourth-order valence-electron chi connectivity index (χ4n) is 4.43. The van der Waals surface area contributed by atoms with Crippen molar-refractivity contribution in [1.29, 1.82) is 0 Å². The van der Waals surface area contributed by atoms with Crippen LogP contribution in [0.5, 0.6) is 17.2 Å². The van der Waals surface area contributed by atoms with Crippen molar-refractivity contribution in [3.63, 3.8) is 0 Å². The van der Waals surface area contributed by atoms with E-state index in [0.29, 0.717) is 46.2 Å². The largest absolute Gasteiger partial charge is 0.454 e. The van der Waals surface area contributed by atoms with Crippen molar-refractivity contribution in [2.45, 2.75) is 13.1 Å². The first-order valence-corrected chi connectivity index (χ1v) is 12.4. The van der Waals surface area contributed by atoms with Gasteiger partial charge < -0.3 is 19.5 Å². The first-order valence-electron chi connectivity index (χ1n) is 12.4. The molecule has 0 unspecified atom stereocenters. The second-order valence-electron chi connectivity index (χ2n) is 9.05. The van der Waals surface area contributed by atoms with E-state index >= 15 is 0 Å². The SMILES string of the molecule is O=C(NCc1ccc2c(c1)OCO2)c1ccc(C=C2Oc3ccccc3N(Cc3ccccc3F)C2=O)cc1. The minimum atomic E-state index is -0.387. The summed E-state index contributed by atoms with van der Waals surface area (Å²) < 4.78 is 31.0. The van der Waals surface area contributed by atoms with Crippen LogP contribution < -0.4 is 24.4 Å². The summed E-state index contributed by atoms with van der Waals surface area (Å²) in [5.74, 6) is 0.948. The number of para-hydroxylation sites is 2. The lowest BCUT2D eigenvalue weighted by atomic mass is 10.1. The maximum Gasteiger partial charge on any atom is 0.294 e. The molecule has 0 fully saturated rings. The highest BCUT2D eigenvalue weighted by atomic mass is 19.1. The number of carbonyl (C=O) groups excluding carboxylic acids is 2. The van der Waals surface area contributed by atoms with Crippen LogP contribution in [-0.2, 0) is 17.9 Å². The molecule has 4 aromatic rings. The van der Waals surface area contributed by atoms with E-state index in [2.05, 4.69) is 5.32 Å². The number of carbonyl (C=O) groups is 2. The van der Waals surface area contributed by atoms with Gasteiger partial charge in [0.1, 0.15) is 5.82 Å². The summed E-state index contributed by atoms with van der Waals surface area (Å²) in [5.41, 5.74) is 3.01. The van der Waals surface area contributed by atoms with Crippen LogP contribution in [0.4, 0.5) is 10.1 Å². The third-order valence-corrected chi connectivity index (χ3v) is 6.48. The molecule has 2 heterocycles. The minimum absolute atomic E-state index is 0.0612. The Bertz CT molecular complexity index is 1600. The van der Waals surface area contributed by atoms with Crippen LogP contribution in [-0.4, -0.2) is 18.6 Å². The zero-order chi connectivity index (χ0) is 26.8. The third kappa shape index (κ3) is 5.04. The second kappa shape index (κ2) is 10.3. The number of fused-ring (bicyclic) bond motifs is 2. The summed E-state index contributed by atoms with van der Waals surface area (Å²) in [5, 5.41) is 2.89. The maximum atomic E-state index is 14.4. The average Bonchev–Trinajstić information content (AvgIpc) is 3.43. The van der Waals surface area contributed by atoms with Gasteiger partial charge in [0, 0.05) is 17.7 Å². The van der Waals surface area contributed by atoms with E-state index in [9.17, 15) is 14.0 Å². The average molecular weight is 523 g/mol. The van der Waals surface area contributed by atoms with Gasteiger partial charge >= 0.3 is 0 Å². The highest BCUT2D eigenvalue weighted by Crippen LogP contribution is 2.37. The quantitative estimate of drug-likeness (QED) is 0.341. The van der Waals surface area contributed by atoms with Gasteiger partial charge in [-0.15, -0.1) is 0 Å². The molecule has 2 aliphatic heterocycles. The summed E-state index contributed by atoms with van der Waals surface area (Å²) in [7, 11) is 0. The van der Waals surface area contributed by atoms with Crippen molar-refractivity contribution in [2.24, 2.45) is 0 Å². The van der Waals surface area contributed by atoms with E-state index < -0.39 is 0 Å². The number of benzene rings is 4. The minimum Gasteiger partial charge on any atom is -0.454 e. The Labute approximate surface area is 224 Å². The van der Waals surface area contributed by atoms with Crippen molar-refractivity contribution in [3.05, 3.63) is 125 Å². The molecule has 0 saturated heterocycles. The highest BCUT2D eigenvalue weighted by Gasteiger charge is 2.30. The Morgan fingerprint density at radius 3 is 2.51 bits per heavy atom. The van der Waals surface area contributed by atoms with Crippen molar-refractivity contribution >= 4 is 23.6 Å². The number of halogens is 1. The molecule has 0 bridgehead atoms. The number of nitrogens with one attached hydrogen (secondary N) is 1. The van der Waals surface area contributed by atoms with Crippen LogP contribution in [0.3, 0.4) is 0 Å². The van der Waals surface area contributed by atoms with Gasteiger partial charge in [0.05, 0.1) is 12.2 Å². The first kappa shape index (κ1) is 24.2. The normalized spacial score (nSPS) is 14.6. The molecule has 2 aliphatic rings. The van der Waals surface area contributed by atoms with Gasteiger partial charge in [-0.05, 0) is 59.7 Å². The van der Waals surface area contributed by atoms with Crippen LogP contribution in [0.2, 0.25) is 0 Å². The number of hydrogen-bond donors (Lipinski definition) is 1. The molecule has 0 saturated carbocycles. The summed E-state index contributed by atoms with van der Waals surface area (Å²) >= 11 is 0. The molecule has 0 aliphatic carbocycles. The lowest BCUT2D eigenvalue weighted by molar-refractivity contribution is -0.117. The summed E-state index contributed by atoms with van der Waals surface area (Å²) in [6.07, 6.45) is 1.61. The van der Waals surface area contributed by atoms with Crippen molar-refractivity contribution in [3.8, 4) is 17.2 Å². The predicted octanol–water partition coefficient (Wildman–Crippen LogP) is 5.45. The number of anilines is 1. The first-order chi connectivity index (χ1) is 19.0. The smallest absolute Gasteiger partial charge is 0.294 e. The molecular formula is C31H23FN2O5. The van der Waals surface area contributed by atoms with Gasteiger partial charge in [-0.3, -0.25) is 14.5 Å². The highest BCUT2D eigenvalue weighted by molar-refractivity contribution is 6.09. The Balaban J connectivity index is 1.17. The second-order valence-corrected chi connectivity index (χ2v) is 9.05. The van der Waals surface area contributed by atoms with Gasteiger partial charge in [0.2, 0.25) is 6.79 Å². The topological polar surface area (TPSA) is 77.1 Å². The molecule has 8 heteroatoms. The Hall–Kier alpha value is -5.11. The number of nitrogens with zero attached hydrogens (tertiary/aromatic N) is 1. The molecule has 0 aromatic heterocycles. The van der Waals surface area contributed by atoms with Gasteiger partial charge in [0.25, 0.3) is 11.8 Å². The zero-order valence-corrected chi connectivity index (χ0v) is 20.7. The number of hydrogen-bond acceptors (Lipinski definition) is 5. The van der Waals surface area contributed by atoms with E-state index in [0.717, 1.165) is 5.56 Å². The molecule has 1 N–H and O–H groups in total. The van der Waals surface area contributed by atoms with Gasteiger partial charge in [-0.1, -0.05) is 48.5 Å². The van der Waals surface area contributed by atoms with E-state index in [1.807, 2.05) is 24.3 Å². The molecule has 7 nitrogen and oxygen atoms in total. The number of ether oxygens (including phenoxy) is 3. The fraction of sp³-hybridized carbons (Fsp3) is 0.0968. The Kier molecular flexibility index (Phi) is 6.42. The van der Waals surface area contributed by atoms with Gasteiger partial charge in [-0.25, -0.2) is 4.39 Å². The maximum absolute atomic E-state index is 14.4.